The molecule has 0 saturated carbocycles. The summed E-state index contributed by atoms with van der Waals surface area (Å²) >= 11 is 0. The number of ether oxygens (including phenoxy) is 3. The van der Waals surface area contributed by atoms with Crippen LogP contribution in [0.15, 0.2) is 36.5 Å². The molecule has 1 unspecified atom stereocenters. The average molecular weight is 928 g/mol. The standard InChI is InChI=1S/C60H110O6/c1-4-7-10-13-16-19-22-25-26-27-28-29-30-31-32-33-34-36-38-41-44-47-50-53-59(62)65-56-57(55-64-58(61)52-49-46-43-40-37-24-21-18-15-12-9-6-3)66-60(63)54-51-48-45-42-39-35-23-20-17-14-11-8-5-2/h18,20-21,23,27-28,57H,4-17,19,22,24-26,29-56H2,1-3H3/b21-18-,23-20-,28-27-. The van der Waals surface area contributed by atoms with Crippen LogP contribution in [0.4, 0.5) is 0 Å². The summed E-state index contributed by atoms with van der Waals surface area (Å²) in [7, 11) is 0. The Labute approximate surface area is 410 Å². The maximum absolute atomic E-state index is 12.8. The van der Waals surface area contributed by atoms with Crippen molar-refractivity contribution in [2.45, 2.75) is 316 Å². The van der Waals surface area contributed by atoms with Crippen molar-refractivity contribution in [3.05, 3.63) is 36.5 Å². The van der Waals surface area contributed by atoms with Gasteiger partial charge in [0.2, 0.25) is 0 Å². The maximum Gasteiger partial charge on any atom is 0.306 e. The Hall–Kier alpha value is -2.37. The molecule has 0 aliphatic rings. The van der Waals surface area contributed by atoms with Gasteiger partial charge in [0.15, 0.2) is 6.10 Å². The third-order valence-corrected chi connectivity index (χ3v) is 12.8. The van der Waals surface area contributed by atoms with E-state index in [1.54, 1.807) is 0 Å². The summed E-state index contributed by atoms with van der Waals surface area (Å²) in [5.74, 6) is -0.882. The minimum atomic E-state index is -0.777. The quantitative estimate of drug-likeness (QED) is 0.0262. The monoisotopic (exact) mass is 927 g/mol. The summed E-state index contributed by atoms with van der Waals surface area (Å²) in [5.41, 5.74) is 0. The van der Waals surface area contributed by atoms with E-state index in [0.29, 0.717) is 19.3 Å². The number of rotatable bonds is 53. The molecule has 6 nitrogen and oxygen atoms in total. The zero-order valence-corrected chi connectivity index (χ0v) is 44.2. The molecule has 0 spiro atoms. The SMILES string of the molecule is CCCCC/C=C\CCCCCCCC(=O)OCC(COC(=O)CCCCCCCCCCCCC/C=C\CCCCCCCCCC)OC(=O)CCCCCCC/C=C\CCCCCC. The topological polar surface area (TPSA) is 78.9 Å². The van der Waals surface area contributed by atoms with Gasteiger partial charge in [-0.15, -0.1) is 0 Å². The Morgan fingerprint density at radius 1 is 0.288 bits per heavy atom. The van der Waals surface area contributed by atoms with E-state index >= 15 is 0 Å². The molecule has 0 radical (unpaired) electrons. The molecule has 0 aromatic carbocycles. The Morgan fingerprint density at radius 3 is 0.803 bits per heavy atom. The van der Waals surface area contributed by atoms with Crippen molar-refractivity contribution in [1.82, 2.24) is 0 Å². The van der Waals surface area contributed by atoms with E-state index in [-0.39, 0.29) is 31.1 Å². The highest BCUT2D eigenvalue weighted by atomic mass is 16.6. The van der Waals surface area contributed by atoms with Crippen LogP contribution < -0.4 is 0 Å². The summed E-state index contributed by atoms with van der Waals surface area (Å²) in [4.78, 5) is 38.1. The molecule has 0 fully saturated rings. The van der Waals surface area contributed by atoms with E-state index in [0.717, 1.165) is 70.6 Å². The van der Waals surface area contributed by atoms with Crippen LogP contribution in [0, 0.1) is 0 Å². The normalized spacial score (nSPS) is 12.2. The minimum absolute atomic E-state index is 0.0763. The van der Waals surface area contributed by atoms with Crippen molar-refractivity contribution in [1.29, 1.82) is 0 Å². The highest BCUT2D eigenvalue weighted by Gasteiger charge is 2.19. The number of hydrogen-bond donors (Lipinski definition) is 0. The summed E-state index contributed by atoms with van der Waals surface area (Å²) in [6, 6.07) is 0. The Balaban J connectivity index is 4.24. The largest absolute Gasteiger partial charge is 0.462 e. The van der Waals surface area contributed by atoms with Crippen LogP contribution in [0.3, 0.4) is 0 Å². The second-order valence-electron chi connectivity index (χ2n) is 19.5. The number of hydrogen-bond acceptors (Lipinski definition) is 6. The van der Waals surface area contributed by atoms with Crippen molar-refractivity contribution in [3.63, 3.8) is 0 Å². The molecule has 0 rings (SSSR count). The number of esters is 3. The van der Waals surface area contributed by atoms with Crippen LogP contribution in [0.2, 0.25) is 0 Å². The van der Waals surface area contributed by atoms with Crippen molar-refractivity contribution in [2.75, 3.05) is 13.2 Å². The van der Waals surface area contributed by atoms with Crippen molar-refractivity contribution in [2.24, 2.45) is 0 Å². The first-order valence-corrected chi connectivity index (χ1v) is 29.0. The Kier molecular flexibility index (Phi) is 53.2. The zero-order valence-electron chi connectivity index (χ0n) is 44.2. The van der Waals surface area contributed by atoms with Crippen LogP contribution in [-0.4, -0.2) is 37.2 Å². The molecule has 0 heterocycles. The molecule has 0 aromatic heterocycles. The lowest BCUT2D eigenvalue weighted by atomic mass is 10.0. The fourth-order valence-electron chi connectivity index (χ4n) is 8.43. The first-order chi connectivity index (χ1) is 32.5. The lowest BCUT2D eigenvalue weighted by Crippen LogP contribution is -2.30. The molecule has 66 heavy (non-hydrogen) atoms. The summed E-state index contributed by atoms with van der Waals surface area (Å²) in [6.45, 7) is 6.62. The molecule has 0 bridgehead atoms. The molecule has 0 aromatic rings. The lowest BCUT2D eigenvalue weighted by Gasteiger charge is -2.18. The first-order valence-electron chi connectivity index (χ1n) is 29.0. The van der Waals surface area contributed by atoms with Crippen LogP contribution in [-0.2, 0) is 28.6 Å². The Bertz CT molecular complexity index is 1110. The molecule has 0 aliphatic carbocycles. The van der Waals surface area contributed by atoms with Crippen molar-refractivity contribution in [3.8, 4) is 0 Å². The van der Waals surface area contributed by atoms with E-state index in [1.807, 2.05) is 0 Å². The Morgan fingerprint density at radius 2 is 0.500 bits per heavy atom. The van der Waals surface area contributed by atoms with Gasteiger partial charge in [-0.05, 0) is 96.3 Å². The number of allylic oxidation sites excluding steroid dienone is 6. The molecule has 0 N–H and O–H groups in total. The fraction of sp³-hybridized carbons (Fsp3) is 0.850. The fourth-order valence-corrected chi connectivity index (χ4v) is 8.43. The van der Waals surface area contributed by atoms with Crippen molar-refractivity contribution >= 4 is 17.9 Å². The molecule has 0 aliphatic heterocycles. The van der Waals surface area contributed by atoms with E-state index in [1.165, 1.54) is 199 Å². The smallest absolute Gasteiger partial charge is 0.306 e. The molecule has 0 amide bonds. The highest BCUT2D eigenvalue weighted by molar-refractivity contribution is 5.71. The summed E-state index contributed by atoms with van der Waals surface area (Å²) in [5, 5.41) is 0. The van der Waals surface area contributed by atoms with E-state index in [9.17, 15) is 14.4 Å². The first kappa shape index (κ1) is 63.6. The van der Waals surface area contributed by atoms with Crippen LogP contribution in [0.25, 0.3) is 0 Å². The van der Waals surface area contributed by atoms with E-state index in [4.69, 9.17) is 14.2 Å². The number of carbonyl (C=O) groups is 3. The third kappa shape index (κ3) is 52.6. The van der Waals surface area contributed by atoms with Gasteiger partial charge in [-0.25, -0.2) is 0 Å². The van der Waals surface area contributed by atoms with Gasteiger partial charge in [0.25, 0.3) is 0 Å². The molecule has 0 saturated heterocycles. The third-order valence-electron chi connectivity index (χ3n) is 12.8. The molecule has 1 atom stereocenters. The van der Waals surface area contributed by atoms with Gasteiger partial charge in [-0.1, -0.05) is 231 Å². The molecule has 6 heteroatoms. The predicted octanol–water partition coefficient (Wildman–Crippen LogP) is 19.3. The second-order valence-corrected chi connectivity index (χ2v) is 19.5. The number of carbonyl (C=O) groups excluding carboxylic acids is 3. The maximum atomic E-state index is 12.8. The van der Waals surface area contributed by atoms with Gasteiger partial charge >= 0.3 is 17.9 Å². The van der Waals surface area contributed by atoms with Gasteiger partial charge in [0.05, 0.1) is 0 Å². The zero-order chi connectivity index (χ0) is 47.9. The minimum Gasteiger partial charge on any atom is -0.462 e. The van der Waals surface area contributed by atoms with Crippen molar-refractivity contribution < 1.29 is 28.6 Å². The van der Waals surface area contributed by atoms with Crippen LogP contribution in [0.1, 0.15) is 310 Å². The van der Waals surface area contributed by atoms with Gasteiger partial charge in [-0.2, -0.15) is 0 Å². The predicted molar refractivity (Wildman–Crippen MR) is 284 cm³/mol. The highest BCUT2D eigenvalue weighted by Crippen LogP contribution is 2.16. The van der Waals surface area contributed by atoms with Gasteiger partial charge in [0.1, 0.15) is 13.2 Å². The average Bonchev–Trinajstić information content (AvgIpc) is 3.31. The van der Waals surface area contributed by atoms with E-state index < -0.39 is 6.10 Å². The summed E-state index contributed by atoms with van der Waals surface area (Å²) in [6.07, 6.45) is 65.7. The van der Waals surface area contributed by atoms with Crippen LogP contribution in [0.5, 0.6) is 0 Å². The van der Waals surface area contributed by atoms with E-state index in [2.05, 4.69) is 57.2 Å². The molecule has 386 valence electrons. The summed E-state index contributed by atoms with van der Waals surface area (Å²) < 4.78 is 16.8. The van der Waals surface area contributed by atoms with Gasteiger partial charge < -0.3 is 14.2 Å². The van der Waals surface area contributed by atoms with Gasteiger partial charge in [0, 0.05) is 19.3 Å². The molecular formula is C60H110O6. The van der Waals surface area contributed by atoms with Gasteiger partial charge in [-0.3, -0.25) is 14.4 Å². The molecular weight excluding hydrogens is 817 g/mol. The number of unbranched alkanes of at least 4 members (excludes halogenated alkanes) is 36. The lowest BCUT2D eigenvalue weighted by molar-refractivity contribution is -0.167. The second kappa shape index (κ2) is 55.2. The van der Waals surface area contributed by atoms with Crippen LogP contribution >= 0.6 is 0 Å².